The summed E-state index contributed by atoms with van der Waals surface area (Å²) in [6.07, 6.45) is 4.15. The SMILES string of the molecule is Cc1ccc(-n2ccn(-c3ccc(C)c(C)c3C)[c]2=[Ru]([Cl])[Cl])c(C)c1C. The molecule has 2 nitrogen and oxygen atoms in total. The van der Waals surface area contributed by atoms with E-state index in [4.69, 9.17) is 19.4 Å². The molecular formula is C21H24Cl2N2Ru. The van der Waals surface area contributed by atoms with Crippen LogP contribution in [0.4, 0.5) is 0 Å². The van der Waals surface area contributed by atoms with Crippen LogP contribution in [0.1, 0.15) is 33.4 Å². The van der Waals surface area contributed by atoms with E-state index in [-0.39, 0.29) is 0 Å². The molecule has 0 aliphatic heterocycles. The van der Waals surface area contributed by atoms with Gasteiger partial charge >= 0.3 is 169 Å². The molecule has 1 heterocycles. The van der Waals surface area contributed by atoms with Crippen LogP contribution in [0.15, 0.2) is 36.7 Å². The summed E-state index contributed by atoms with van der Waals surface area (Å²) in [5.41, 5.74) is 10.0. The van der Waals surface area contributed by atoms with Crippen LogP contribution in [0.25, 0.3) is 11.4 Å². The molecule has 0 radical (unpaired) electrons. The number of hydrogen-bond acceptors (Lipinski definition) is 0. The van der Waals surface area contributed by atoms with Crippen molar-refractivity contribution in [1.82, 2.24) is 9.13 Å². The van der Waals surface area contributed by atoms with E-state index in [1.54, 1.807) is 0 Å². The second-order valence-electron chi connectivity index (χ2n) is 6.78. The molecule has 0 N–H and O–H groups in total. The van der Waals surface area contributed by atoms with Crippen molar-refractivity contribution in [2.24, 2.45) is 0 Å². The number of nitrogens with zero attached hydrogens (tertiary/aromatic N) is 2. The Bertz CT molecular complexity index is 992. The predicted molar refractivity (Wildman–Crippen MR) is 108 cm³/mol. The van der Waals surface area contributed by atoms with E-state index in [1.165, 1.54) is 33.4 Å². The molecule has 0 amide bonds. The normalized spacial score (nSPS) is 11.8. The zero-order valence-corrected chi connectivity index (χ0v) is 19.2. The van der Waals surface area contributed by atoms with Gasteiger partial charge in [-0.15, -0.1) is 0 Å². The fourth-order valence-electron chi connectivity index (χ4n) is 3.26. The zero-order valence-electron chi connectivity index (χ0n) is 16.0. The van der Waals surface area contributed by atoms with Crippen LogP contribution in [0, 0.1) is 45.6 Å². The Morgan fingerprint density at radius 3 is 1.35 bits per heavy atom. The maximum atomic E-state index is 6.57. The van der Waals surface area contributed by atoms with Crippen molar-refractivity contribution in [3.8, 4) is 11.4 Å². The third-order valence-electron chi connectivity index (χ3n) is 5.45. The Morgan fingerprint density at radius 1 is 0.615 bits per heavy atom. The molecular weight excluding hydrogens is 452 g/mol. The van der Waals surface area contributed by atoms with Gasteiger partial charge in [0, 0.05) is 0 Å². The van der Waals surface area contributed by atoms with Gasteiger partial charge in [0.1, 0.15) is 0 Å². The van der Waals surface area contributed by atoms with E-state index < -0.39 is 13.5 Å². The minimum absolute atomic E-state index is 0.982. The number of halogens is 2. The standard InChI is InChI=1S/C21H24N2.2ClH.Ru/c1-14-7-9-20(18(5)16(14)3)22-11-12-23(13-22)21-10-8-15(2)17(4)19(21)6;;;/h7-12H,1-6H3;2*1H;/q;;;+2/p-2. The molecule has 0 aliphatic rings. The molecule has 1 aromatic heterocycles. The van der Waals surface area contributed by atoms with Crippen LogP contribution in [-0.2, 0) is 13.5 Å². The molecule has 26 heavy (non-hydrogen) atoms. The molecule has 3 aromatic rings. The predicted octanol–water partition coefficient (Wildman–Crippen LogP) is 6.58. The topological polar surface area (TPSA) is 9.86 Å². The van der Waals surface area contributed by atoms with Gasteiger partial charge < -0.3 is 0 Å². The summed E-state index contributed by atoms with van der Waals surface area (Å²) in [6, 6.07) is 8.63. The van der Waals surface area contributed by atoms with E-state index in [0.29, 0.717) is 0 Å². The molecule has 3 rings (SSSR count). The average Bonchev–Trinajstić information content (AvgIpc) is 3.02. The van der Waals surface area contributed by atoms with E-state index in [1.807, 2.05) is 0 Å². The first kappa shape index (κ1) is 19.6. The number of aromatic nitrogens is 2. The Morgan fingerprint density at radius 2 is 1.00 bits per heavy atom. The van der Waals surface area contributed by atoms with Crippen molar-refractivity contribution in [1.29, 1.82) is 0 Å². The summed E-state index contributed by atoms with van der Waals surface area (Å²) in [7, 11) is 13.1. The summed E-state index contributed by atoms with van der Waals surface area (Å²) < 4.78 is 5.31. The molecule has 0 bridgehead atoms. The van der Waals surface area contributed by atoms with Gasteiger partial charge in [0.2, 0.25) is 0 Å². The van der Waals surface area contributed by atoms with E-state index in [2.05, 4.69) is 87.3 Å². The van der Waals surface area contributed by atoms with Gasteiger partial charge in [-0.05, 0) is 0 Å². The summed E-state index contributed by atoms with van der Waals surface area (Å²) in [6.45, 7) is 12.9. The first-order chi connectivity index (χ1) is 12.2. The number of benzene rings is 2. The molecule has 0 atom stereocenters. The molecule has 0 saturated heterocycles. The zero-order chi connectivity index (χ0) is 19.2. The summed E-state index contributed by atoms with van der Waals surface area (Å²) >= 11 is -2.17. The third-order valence-corrected chi connectivity index (χ3v) is 8.29. The Labute approximate surface area is 168 Å². The van der Waals surface area contributed by atoms with Gasteiger partial charge in [-0.1, -0.05) is 0 Å². The van der Waals surface area contributed by atoms with Crippen LogP contribution < -0.4 is 0 Å². The first-order valence-electron chi connectivity index (χ1n) is 8.51. The number of hydrogen-bond donors (Lipinski definition) is 0. The fourth-order valence-corrected chi connectivity index (χ4v) is 6.09. The number of aryl methyl sites for hydroxylation is 2. The van der Waals surface area contributed by atoms with Crippen molar-refractivity contribution in [3.05, 3.63) is 74.1 Å². The molecule has 0 saturated carbocycles. The number of rotatable bonds is 2. The van der Waals surface area contributed by atoms with Crippen molar-refractivity contribution in [2.45, 2.75) is 41.5 Å². The van der Waals surface area contributed by atoms with Gasteiger partial charge in [-0.3, -0.25) is 0 Å². The molecule has 2 aromatic carbocycles. The summed E-state index contributed by atoms with van der Waals surface area (Å²) in [5, 5.41) is 0. The van der Waals surface area contributed by atoms with Crippen molar-refractivity contribution in [3.63, 3.8) is 0 Å². The van der Waals surface area contributed by atoms with Gasteiger partial charge in [-0.2, -0.15) is 0 Å². The summed E-state index contributed by atoms with van der Waals surface area (Å²) in [5.74, 6) is 0. The second kappa shape index (κ2) is 7.46. The van der Waals surface area contributed by atoms with Gasteiger partial charge in [0.05, 0.1) is 0 Å². The van der Waals surface area contributed by atoms with Crippen LogP contribution >= 0.6 is 19.4 Å². The molecule has 0 unspecified atom stereocenters. The second-order valence-corrected chi connectivity index (χ2v) is 12.4. The van der Waals surface area contributed by atoms with E-state index in [9.17, 15) is 0 Å². The maximum absolute atomic E-state index is 6.57. The Hall–Kier alpha value is -1.15. The van der Waals surface area contributed by atoms with Crippen molar-refractivity contribution < 1.29 is 13.5 Å². The van der Waals surface area contributed by atoms with Crippen molar-refractivity contribution in [2.75, 3.05) is 0 Å². The third kappa shape index (κ3) is 3.26. The Kier molecular flexibility index (Phi) is 5.63. The Balaban J connectivity index is 2.34. The van der Waals surface area contributed by atoms with Gasteiger partial charge in [-0.25, -0.2) is 0 Å². The van der Waals surface area contributed by atoms with Gasteiger partial charge in [0.25, 0.3) is 0 Å². The van der Waals surface area contributed by atoms with E-state index in [0.717, 1.165) is 15.4 Å². The minimum atomic E-state index is -2.17. The first-order valence-corrected chi connectivity index (χ1v) is 13.9. The molecule has 0 spiro atoms. The molecule has 5 heteroatoms. The monoisotopic (exact) mass is 476 g/mol. The molecule has 140 valence electrons. The quantitative estimate of drug-likeness (QED) is 0.370. The van der Waals surface area contributed by atoms with Crippen LogP contribution in [0.3, 0.4) is 0 Å². The number of imidazole rings is 1. The van der Waals surface area contributed by atoms with Gasteiger partial charge in [0.15, 0.2) is 0 Å². The summed E-state index contributed by atoms with van der Waals surface area (Å²) in [4.78, 5) is 0. The van der Waals surface area contributed by atoms with Crippen LogP contribution in [0.2, 0.25) is 0 Å². The van der Waals surface area contributed by atoms with Crippen LogP contribution in [0.5, 0.6) is 0 Å². The van der Waals surface area contributed by atoms with Crippen LogP contribution in [-0.4, -0.2) is 9.13 Å². The van der Waals surface area contributed by atoms with E-state index >= 15 is 0 Å². The average molecular weight is 476 g/mol. The molecule has 0 aliphatic carbocycles. The fraction of sp³-hybridized carbons (Fsp3) is 0.286. The molecule has 0 fully saturated rings. The van der Waals surface area contributed by atoms with Crippen molar-refractivity contribution >= 4 is 19.4 Å².